The highest BCUT2D eigenvalue weighted by Gasteiger charge is 2.48. The molecule has 3 rings (SSSR count). The number of carbonyl (C=O) groups excluding carboxylic acids is 1. The Bertz CT molecular complexity index is 432. The van der Waals surface area contributed by atoms with Gasteiger partial charge in [0.1, 0.15) is 18.3 Å². The Balaban J connectivity index is 1.66. The Morgan fingerprint density at radius 1 is 1.17 bits per heavy atom. The molecule has 2 aliphatic heterocycles. The van der Waals surface area contributed by atoms with E-state index in [1.54, 1.807) is 24.3 Å². The van der Waals surface area contributed by atoms with Gasteiger partial charge < -0.3 is 19.3 Å². The lowest BCUT2D eigenvalue weighted by Gasteiger charge is -2.16. The quantitative estimate of drug-likeness (QED) is 0.768. The van der Waals surface area contributed by atoms with Crippen LogP contribution in [-0.2, 0) is 14.2 Å². The van der Waals surface area contributed by atoms with Crippen LogP contribution in [0.4, 0.5) is 0 Å². The molecule has 1 N–H and O–H groups in total. The molecule has 0 radical (unpaired) electrons. The third-order valence-corrected chi connectivity index (χ3v) is 3.25. The maximum absolute atomic E-state index is 11.9. The number of esters is 1. The molecule has 96 valence electrons. The molecule has 0 aromatic heterocycles. The summed E-state index contributed by atoms with van der Waals surface area (Å²) in [5.74, 6) is -0.394. The molecular weight excluding hydrogens is 236 g/mol. The number of fused-ring (bicyclic) bond motifs is 1. The summed E-state index contributed by atoms with van der Waals surface area (Å²) in [5.41, 5.74) is 0.500. The van der Waals surface area contributed by atoms with E-state index in [1.807, 2.05) is 6.07 Å². The average molecular weight is 250 g/mol. The van der Waals surface area contributed by atoms with Crippen molar-refractivity contribution in [1.29, 1.82) is 0 Å². The van der Waals surface area contributed by atoms with Gasteiger partial charge in [0.05, 0.1) is 18.8 Å². The molecule has 0 amide bonds. The molecule has 5 nitrogen and oxygen atoms in total. The molecule has 4 atom stereocenters. The fourth-order valence-corrected chi connectivity index (χ4v) is 2.32. The average Bonchev–Trinajstić information content (AvgIpc) is 2.95. The van der Waals surface area contributed by atoms with E-state index in [4.69, 9.17) is 14.2 Å². The van der Waals surface area contributed by atoms with Crippen molar-refractivity contribution in [3.63, 3.8) is 0 Å². The number of carbonyl (C=O) groups is 1. The minimum atomic E-state index is -0.629. The number of benzene rings is 1. The topological polar surface area (TPSA) is 65.0 Å². The van der Waals surface area contributed by atoms with Crippen molar-refractivity contribution in [2.45, 2.75) is 24.4 Å². The van der Waals surface area contributed by atoms with Crippen molar-refractivity contribution in [3.8, 4) is 0 Å². The number of rotatable bonds is 2. The van der Waals surface area contributed by atoms with Gasteiger partial charge in [-0.15, -0.1) is 0 Å². The Morgan fingerprint density at radius 2 is 1.89 bits per heavy atom. The van der Waals surface area contributed by atoms with Gasteiger partial charge in [0, 0.05) is 0 Å². The first-order chi connectivity index (χ1) is 8.75. The second-order valence-electron chi connectivity index (χ2n) is 4.47. The highest BCUT2D eigenvalue weighted by atomic mass is 16.6. The third-order valence-electron chi connectivity index (χ3n) is 3.25. The molecule has 0 bridgehead atoms. The molecule has 18 heavy (non-hydrogen) atoms. The lowest BCUT2D eigenvalue weighted by molar-refractivity contribution is -0.0209. The molecule has 2 aliphatic rings. The van der Waals surface area contributed by atoms with Crippen LogP contribution in [0.15, 0.2) is 30.3 Å². The van der Waals surface area contributed by atoms with E-state index in [1.165, 1.54) is 0 Å². The predicted molar refractivity (Wildman–Crippen MR) is 61.1 cm³/mol. The minimum Gasteiger partial charge on any atom is -0.453 e. The maximum Gasteiger partial charge on any atom is 0.338 e. The van der Waals surface area contributed by atoms with Crippen molar-refractivity contribution in [2.75, 3.05) is 13.2 Å². The molecule has 0 spiro atoms. The first-order valence-corrected chi connectivity index (χ1v) is 5.93. The Hall–Kier alpha value is -1.43. The normalized spacial score (nSPS) is 34.3. The molecule has 5 heteroatoms. The van der Waals surface area contributed by atoms with E-state index in [9.17, 15) is 9.90 Å². The van der Waals surface area contributed by atoms with Crippen LogP contribution in [-0.4, -0.2) is 48.7 Å². The number of hydrogen-bond donors (Lipinski definition) is 1. The van der Waals surface area contributed by atoms with Crippen molar-refractivity contribution >= 4 is 5.97 Å². The van der Waals surface area contributed by atoms with Crippen LogP contribution in [0.25, 0.3) is 0 Å². The van der Waals surface area contributed by atoms with Gasteiger partial charge in [-0.1, -0.05) is 18.2 Å². The SMILES string of the molecule is O=C(O[C@H]1CO[C@H]2[C@@H]1OC[C@H]2O)c1ccccc1. The third kappa shape index (κ3) is 2.01. The summed E-state index contributed by atoms with van der Waals surface area (Å²) in [7, 11) is 0. The van der Waals surface area contributed by atoms with Gasteiger partial charge in [-0.05, 0) is 12.1 Å². The number of hydrogen-bond acceptors (Lipinski definition) is 5. The zero-order valence-corrected chi connectivity index (χ0v) is 9.69. The Morgan fingerprint density at radius 3 is 2.67 bits per heavy atom. The van der Waals surface area contributed by atoms with Crippen LogP contribution in [0.1, 0.15) is 10.4 Å². The van der Waals surface area contributed by atoms with Crippen molar-refractivity contribution in [1.82, 2.24) is 0 Å². The molecule has 2 saturated heterocycles. The highest BCUT2D eigenvalue weighted by molar-refractivity contribution is 5.89. The molecule has 2 fully saturated rings. The number of aliphatic hydroxyl groups excluding tert-OH is 1. The summed E-state index contributed by atoms with van der Waals surface area (Å²) in [4.78, 5) is 11.9. The van der Waals surface area contributed by atoms with Crippen molar-refractivity contribution < 1.29 is 24.1 Å². The summed E-state index contributed by atoms with van der Waals surface area (Å²) in [6.45, 7) is 0.500. The first-order valence-electron chi connectivity index (χ1n) is 5.93. The van der Waals surface area contributed by atoms with E-state index in [0.29, 0.717) is 5.56 Å². The summed E-state index contributed by atoms with van der Waals surface area (Å²) in [6.07, 6.45) is -1.80. The Labute approximate surface area is 104 Å². The molecule has 0 aliphatic carbocycles. The number of ether oxygens (including phenoxy) is 3. The predicted octanol–water partition coefficient (Wildman–Crippen LogP) is 0.370. The van der Waals surface area contributed by atoms with Gasteiger partial charge in [-0.25, -0.2) is 4.79 Å². The lowest BCUT2D eigenvalue weighted by atomic mass is 10.1. The van der Waals surface area contributed by atoms with Crippen LogP contribution in [0.2, 0.25) is 0 Å². The van der Waals surface area contributed by atoms with Crippen molar-refractivity contribution in [3.05, 3.63) is 35.9 Å². The van der Waals surface area contributed by atoms with Crippen LogP contribution < -0.4 is 0 Å². The monoisotopic (exact) mass is 250 g/mol. The molecule has 0 unspecified atom stereocenters. The largest absolute Gasteiger partial charge is 0.453 e. The summed E-state index contributed by atoms with van der Waals surface area (Å²) in [5, 5.41) is 9.58. The van der Waals surface area contributed by atoms with E-state index >= 15 is 0 Å². The summed E-state index contributed by atoms with van der Waals surface area (Å²) >= 11 is 0. The van der Waals surface area contributed by atoms with Gasteiger partial charge in [0.25, 0.3) is 0 Å². The molecule has 1 aromatic rings. The number of aliphatic hydroxyl groups is 1. The second-order valence-corrected chi connectivity index (χ2v) is 4.47. The highest BCUT2D eigenvalue weighted by Crippen LogP contribution is 2.29. The van der Waals surface area contributed by atoms with Crippen molar-refractivity contribution in [2.24, 2.45) is 0 Å². The standard InChI is InChI=1S/C13H14O5/c14-9-6-16-12-10(7-17-11(9)12)18-13(15)8-4-2-1-3-5-8/h1-5,9-12,14H,6-7H2/t9-,10+,11-,12-/m1/s1. The summed E-state index contributed by atoms with van der Waals surface area (Å²) in [6, 6.07) is 8.78. The zero-order chi connectivity index (χ0) is 12.5. The van der Waals surface area contributed by atoms with E-state index < -0.39 is 18.2 Å². The Kier molecular flexibility index (Phi) is 3.03. The fraction of sp³-hybridized carbons (Fsp3) is 0.462. The van der Waals surface area contributed by atoms with E-state index in [0.717, 1.165) is 0 Å². The maximum atomic E-state index is 11.9. The molecule has 0 saturated carbocycles. The van der Waals surface area contributed by atoms with Gasteiger partial charge in [-0.3, -0.25) is 0 Å². The molecule has 1 aromatic carbocycles. The zero-order valence-electron chi connectivity index (χ0n) is 9.69. The molecule has 2 heterocycles. The van der Waals surface area contributed by atoms with Gasteiger partial charge in [0.2, 0.25) is 0 Å². The van der Waals surface area contributed by atoms with Crippen LogP contribution >= 0.6 is 0 Å². The van der Waals surface area contributed by atoms with Gasteiger partial charge in [-0.2, -0.15) is 0 Å². The van der Waals surface area contributed by atoms with Crippen LogP contribution in [0.5, 0.6) is 0 Å². The second kappa shape index (κ2) is 4.68. The minimum absolute atomic E-state index is 0.231. The lowest BCUT2D eigenvalue weighted by Crippen LogP contribution is -2.34. The van der Waals surface area contributed by atoms with E-state index in [-0.39, 0.29) is 25.4 Å². The van der Waals surface area contributed by atoms with E-state index in [2.05, 4.69) is 0 Å². The fourth-order valence-electron chi connectivity index (χ4n) is 2.32. The molecular formula is C13H14O5. The summed E-state index contributed by atoms with van der Waals surface area (Å²) < 4.78 is 16.1. The van der Waals surface area contributed by atoms with Gasteiger partial charge in [0.15, 0.2) is 6.10 Å². The smallest absolute Gasteiger partial charge is 0.338 e. The first kappa shape index (κ1) is 11.6. The van der Waals surface area contributed by atoms with Crippen LogP contribution in [0, 0.1) is 0 Å². The van der Waals surface area contributed by atoms with Gasteiger partial charge >= 0.3 is 5.97 Å². The van der Waals surface area contributed by atoms with Crippen LogP contribution in [0.3, 0.4) is 0 Å².